The van der Waals surface area contributed by atoms with Gasteiger partial charge >= 0.3 is 0 Å². The van der Waals surface area contributed by atoms with Gasteiger partial charge < -0.3 is 5.73 Å². The van der Waals surface area contributed by atoms with Crippen LogP contribution < -0.4 is 5.73 Å². The average molecular weight is 184 g/mol. The van der Waals surface area contributed by atoms with Crippen LogP contribution in [0.15, 0.2) is 12.7 Å². The lowest BCUT2D eigenvalue weighted by molar-refractivity contribution is 0.139. The van der Waals surface area contributed by atoms with Crippen LogP contribution in [0.2, 0.25) is 0 Å². The lowest BCUT2D eigenvalue weighted by Gasteiger charge is -2.35. The van der Waals surface area contributed by atoms with E-state index < -0.39 is 0 Å². The Balaban J connectivity index is 4.38. The Morgan fingerprint density at radius 1 is 1.31 bits per heavy atom. The van der Waals surface area contributed by atoms with Crippen molar-refractivity contribution in [2.75, 3.05) is 13.1 Å². The topological polar surface area (TPSA) is 29.3 Å². The summed E-state index contributed by atoms with van der Waals surface area (Å²) in [7, 11) is 0. The minimum atomic E-state index is 0.470. The van der Waals surface area contributed by atoms with E-state index in [1.165, 1.54) is 0 Å². The maximum absolute atomic E-state index is 5.77. The van der Waals surface area contributed by atoms with Crippen molar-refractivity contribution in [3.63, 3.8) is 0 Å². The van der Waals surface area contributed by atoms with E-state index >= 15 is 0 Å². The van der Waals surface area contributed by atoms with E-state index in [0.29, 0.717) is 18.0 Å². The molecule has 78 valence electrons. The first kappa shape index (κ1) is 12.7. The normalized spacial score (nSPS) is 14.2. The van der Waals surface area contributed by atoms with Gasteiger partial charge in [0.1, 0.15) is 0 Å². The summed E-state index contributed by atoms with van der Waals surface area (Å²) in [6.07, 6.45) is 1.95. The van der Waals surface area contributed by atoms with Gasteiger partial charge in [-0.3, -0.25) is 4.90 Å². The van der Waals surface area contributed by atoms with E-state index in [4.69, 9.17) is 5.73 Å². The molecular formula is C11H24N2. The van der Waals surface area contributed by atoms with Gasteiger partial charge in [0, 0.05) is 25.2 Å². The summed E-state index contributed by atoms with van der Waals surface area (Å²) in [5.41, 5.74) is 5.77. The van der Waals surface area contributed by atoms with Gasteiger partial charge in [0.25, 0.3) is 0 Å². The molecule has 0 heterocycles. The number of hydrogen-bond acceptors (Lipinski definition) is 2. The summed E-state index contributed by atoms with van der Waals surface area (Å²) < 4.78 is 0. The highest BCUT2D eigenvalue weighted by Crippen LogP contribution is 2.12. The molecule has 0 fully saturated rings. The third-order valence-corrected chi connectivity index (χ3v) is 2.44. The van der Waals surface area contributed by atoms with Gasteiger partial charge in [-0.25, -0.2) is 0 Å². The Hall–Kier alpha value is -0.340. The lowest BCUT2D eigenvalue weighted by Crippen LogP contribution is -2.47. The van der Waals surface area contributed by atoms with Crippen molar-refractivity contribution in [3.05, 3.63) is 12.7 Å². The van der Waals surface area contributed by atoms with Crippen LogP contribution in [-0.2, 0) is 0 Å². The summed E-state index contributed by atoms with van der Waals surface area (Å²) in [6.45, 7) is 14.3. The summed E-state index contributed by atoms with van der Waals surface area (Å²) in [5.74, 6) is 0.604. The van der Waals surface area contributed by atoms with E-state index in [-0.39, 0.29) is 0 Å². The van der Waals surface area contributed by atoms with E-state index in [2.05, 4.69) is 39.2 Å². The first-order chi connectivity index (χ1) is 6.04. The van der Waals surface area contributed by atoms with Gasteiger partial charge in [-0.2, -0.15) is 0 Å². The van der Waals surface area contributed by atoms with E-state index in [1.807, 2.05) is 6.08 Å². The van der Waals surface area contributed by atoms with Crippen molar-refractivity contribution < 1.29 is 0 Å². The molecule has 2 heteroatoms. The maximum atomic E-state index is 5.77. The minimum Gasteiger partial charge on any atom is -0.329 e. The number of nitrogens with two attached hydrogens (primary N) is 1. The molecule has 0 spiro atoms. The maximum Gasteiger partial charge on any atom is 0.0247 e. The van der Waals surface area contributed by atoms with Crippen LogP contribution in [0, 0.1) is 5.92 Å². The van der Waals surface area contributed by atoms with Crippen molar-refractivity contribution in [2.24, 2.45) is 11.7 Å². The molecule has 0 rings (SSSR count). The van der Waals surface area contributed by atoms with E-state index in [9.17, 15) is 0 Å². The second-order valence-corrected chi connectivity index (χ2v) is 4.13. The molecule has 0 bridgehead atoms. The molecule has 13 heavy (non-hydrogen) atoms. The highest BCUT2D eigenvalue weighted by Gasteiger charge is 2.21. The lowest BCUT2D eigenvalue weighted by atomic mass is 10.0. The van der Waals surface area contributed by atoms with Crippen LogP contribution in [0.1, 0.15) is 27.7 Å². The van der Waals surface area contributed by atoms with Gasteiger partial charge in [-0.05, 0) is 19.8 Å². The molecule has 0 aromatic carbocycles. The summed E-state index contributed by atoms with van der Waals surface area (Å²) >= 11 is 0. The molecule has 0 saturated heterocycles. The zero-order chi connectivity index (χ0) is 10.4. The predicted octanol–water partition coefficient (Wildman–Crippen LogP) is 1.87. The molecule has 2 nitrogen and oxygen atoms in total. The van der Waals surface area contributed by atoms with E-state index in [1.54, 1.807) is 0 Å². The molecule has 0 saturated carbocycles. The number of hydrogen-bond donors (Lipinski definition) is 1. The fourth-order valence-electron chi connectivity index (χ4n) is 1.67. The monoisotopic (exact) mass is 184 g/mol. The van der Waals surface area contributed by atoms with Crippen molar-refractivity contribution in [3.8, 4) is 0 Å². The molecule has 0 aromatic heterocycles. The quantitative estimate of drug-likeness (QED) is 0.639. The SMILES string of the molecule is C=CCN(C(C)C)C(CN)C(C)C. The van der Waals surface area contributed by atoms with Gasteiger partial charge in [0.05, 0.1) is 0 Å². The number of rotatable bonds is 6. The summed E-state index contributed by atoms with van der Waals surface area (Å²) in [6, 6.07) is 1.01. The molecule has 0 aliphatic carbocycles. The van der Waals surface area contributed by atoms with Crippen LogP contribution in [0.5, 0.6) is 0 Å². The molecule has 0 radical (unpaired) electrons. The standard InChI is InChI=1S/C11H24N2/c1-6-7-13(10(4)5)11(8-12)9(2)3/h6,9-11H,1,7-8,12H2,2-5H3. The van der Waals surface area contributed by atoms with Crippen LogP contribution in [-0.4, -0.2) is 30.1 Å². The molecule has 1 unspecified atom stereocenters. The smallest absolute Gasteiger partial charge is 0.0247 e. The van der Waals surface area contributed by atoms with Crippen LogP contribution in [0.4, 0.5) is 0 Å². The molecule has 2 N–H and O–H groups in total. The molecule has 0 aliphatic rings. The second kappa shape index (κ2) is 6.17. The highest BCUT2D eigenvalue weighted by atomic mass is 15.2. The Labute approximate surface area is 82.8 Å². The molecule has 1 atom stereocenters. The molecular weight excluding hydrogens is 160 g/mol. The first-order valence-electron chi connectivity index (χ1n) is 5.11. The highest BCUT2D eigenvalue weighted by molar-refractivity contribution is 4.83. The molecule has 0 aromatic rings. The summed E-state index contributed by atoms with van der Waals surface area (Å²) in [4.78, 5) is 2.40. The summed E-state index contributed by atoms with van der Waals surface area (Å²) in [5, 5.41) is 0. The van der Waals surface area contributed by atoms with Gasteiger partial charge in [0.2, 0.25) is 0 Å². The van der Waals surface area contributed by atoms with Crippen molar-refractivity contribution in [2.45, 2.75) is 39.8 Å². The predicted molar refractivity (Wildman–Crippen MR) is 59.7 cm³/mol. The second-order valence-electron chi connectivity index (χ2n) is 4.13. The van der Waals surface area contributed by atoms with Crippen molar-refractivity contribution >= 4 is 0 Å². The Morgan fingerprint density at radius 2 is 1.85 bits per heavy atom. The molecule has 0 aliphatic heterocycles. The van der Waals surface area contributed by atoms with Crippen molar-refractivity contribution in [1.82, 2.24) is 4.90 Å². The first-order valence-corrected chi connectivity index (χ1v) is 5.11. The number of nitrogens with zero attached hydrogens (tertiary/aromatic N) is 1. The van der Waals surface area contributed by atoms with Crippen LogP contribution in [0.3, 0.4) is 0 Å². The van der Waals surface area contributed by atoms with E-state index in [0.717, 1.165) is 13.1 Å². The van der Waals surface area contributed by atoms with Gasteiger partial charge in [0.15, 0.2) is 0 Å². The third-order valence-electron chi connectivity index (χ3n) is 2.44. The Bertz CT molecular complexity index is 141. The van der Waals surface area contributed by atoms with Crippen LogP contribution in [0.25, 0.3) is 0 Å². The minimum absolute atomic E-state index is 0.470. The van der Waals surface area contributed by atoms with Gasteiger partial charge in [-0.1, -0.05) is 19.9 Å². The van der Waals surface area contributed by atoms with Crippen molar-refractivity contribution in [1.29, 1.82) is 0 Å². The average Bonchev–Trinajstić information content (AvgIpc) is 2.03. The fourth-order valence-corrected chi connectivity index (χ4v) is 1.67. The largest absolute Gasteiger partial charge is 0.329 e. The van der Waals surface area contributed by atoms with Gasteiger partial charge in [-0.15, -0.1) is 6.58 Å². The zero-order valence-corrected chi connectivity index (χ0v) is 9.46. The molecule has 0 amide bonds. The zero-order valence-electron chi connectivity index (χ0n) is 9.46. The Kier molecular flexibility index (Phi) is 6.00. The van der Waals surface area contributed by atoms with Crippen LogP contribution >= 0.6 is 0 Å². The third kappa shape index (κ3) is 3.92. The Morgan fingerprint density at radius 3 is 2.08 bits per heavy atom. The fraction of sp³-hybridized carbons (Fsp3) is 0.818.